The van der Waals surface area contributed by atoms with E-state index in [1.54, 1.807) is 31.3 Å². The highest BCUT2D eigenvalue weighted by Crippen LogP contribution is 2.34. The quantitative estimate of drug-likeness (QED) is 0.675. The van der Waals surface area contributed by atoms with Crippen molar-refractivity contribution in [2.45, 2.75) is 12.3 Å². The van der Waals surface area contributed by atoms with E-state index in [2.05, 4.69) is 5.32 Å². The number of halogens is 1. The molecule has 1 saturated heterocycles. The second kappa shape index (κ2) is 10.2. The van der Waals surface area contributed by atoms with E-state index < -0.39 is 17.6 Å². The lowest BCUT2D eigenvalue weighted by atomic mass is 9.88. The van der Waals surface area contributed by atoms with Crippen molar-refractivity contribution in [1.82, 2.24) is 10.2 Å². The molecule has 1 N–H and O–H groups in total. The second-order valence-corrected chi connectivity index (χ2v) is 7.31. The van der Waals surface area contributed by atoms with Crippen molar-refractivity contribution in [3.8, 4) is 5.75 Å². The predicted octanol–water partition coefficient (Wildman–Crippen LogP) is 2.84. The molecule has 0 aliphatic carbocycles. The second-order valence-electron chi connectivity index (χ2n) is 7.31. The van der Waals surface area contributed by atoms with Crippen LogP contribution in [-0.2, 0) is 9.53 Å². The lowest BCUT2D eigenvalue weighted by Crippen LogP contribution is -2.36. The number of hydrogen-bond donors (Lipinski definition) is 1. The molecule has 1 aliphatic heterocycles. The van der Waals surface area contributed by atoms with E-state index in [0.29, 0.717) is 26.1 Å². The number of nitrogens with zero attached hydrogens (tertiary/aromatic N) is 1. The van der Waals surface area contributed by atoms with E-state index in [4.69, 9.17) is 9.47 Å². The van der Waals surface area contributed by atoms with Crippen LogP contribution in [-0.4, -0.2) is 57.2 Å². The Hall–Kier alpha value is -2.93. The van der Waals surface area contributed by atoms with Crippen LogP contribution in [0.5, 0.6) is 5.75 Å². The van der Waals surface area contributed by atoms with E-state index in [-0.39, 0.29) is 23.9 Å². The van der Waals surface area contributed by atoms with Crippen LogP contribution in [0.1, 0.15) is 28.3 Å². The number of carbonyl (C=O) groups is 2. The van der Waals surface area contributed by atoms with Gasteiger partial charge in [0.05, 0.1) is 18.6 Å². The zero-order chi connectivity index (χ0) is 21.5. The van der Waals surface area contributed by atoms with Gasteiger partial charge < -0.3 is 19.7 Å². The first-order chi connectivity index (χ1) is 14.5. The highest BCUT2D eigenvalue weighted by atomic mass is 19.1. The van der Waals surface area contributed by atoms with Gasteiger partial charge in [-0.25, -0.2) is 4.39 Å². The molecule has 1 fully saturated rings. The zero-order valence-corrected chi connectivity index (χ0v) is 17.3. The molecule has 0 unspecified atom stereocenters. The average Bonchev–Trinajstić information content (AvgIpc) is 3.22. The standard InChI is InChI=1S/C23H27FN2O4/c1-29-13-5-12-25-22(27)20-15-26(23(28)18-6-3-4-7-21(18)24)14-19(20)16-8-10-17(30-2)11-9-16/h3-4,6-11,19-20H,5,12-15H2,1-2H3,(H,25,27)/t19-,20-/m0/s1. The maximum absolute atomic E-state index is 14.1. The van der Waals surface area contributed by atoms with E-state index in [1.165, 1.54) is 12.1 Å². The van der Waals surface area contributed by atoms with E-state index in [0.717, 1.165) is 11.3 Å². The number of benzene rings is 2. The molecule has 2 amide bonds. The van der Waals surface area contributed by atoms with Crippen molar-refractivity contribution in [3.63, 3.8) is 0 Å². The summed E-state index contributed by atoms with van der Waals surface area (Å²) in [6.45, 7) is 1.64. The lowest BCUT2D eigenvalue weighted by molar-refractivity contribution is -0.124. The maximum Gasteiger partial charge on any atom is 0.256 e. The summed E-state index contributed by atoms with van der Waals surface area (Å²) in [5.41, 5.74) is 0.962. The molecule has 6 nitrogen and oxygen atoms in total. The minimum atomic E-state index is -0.559. The zero-order valence-electron chi connectivity index (χ0n) is 17.3. The molecule has 160 valence electrons. The molecule has 2 aromatic rings. The third-order valence-electron chi connectivity index (χ3n) is 5.42. The number of methoxy groups -OCH3 is 2. The minimum Gasteiger partial charge on any atom is -0.497 e. The molecule has 30 heavy (non-hydrogen) atoms. The molecule has 7 heteroatoms. The molecule has 0 bridgehead atoms. The summed E-state index contributed by atoms with van der Waals surface area (Å²) < 4.78 is 24.4. The topological polar surface area (TPSA) is 67.9 Å². The van der Waals surface area contributed by atoms with Gasteiger partial charge in [-0.05, 0) is 36.2 Å². The summed E-state index contributed by atoms with van der Waals surface area (Å²) in [4.78, 5) is 27.4. The number of amides is 2. The van der Waals surface area contributed by atoms with Crippen LogP contribution < -0.4 is 10.1 Å². The van der Waals surface area contributed by atoms with Crippen LogP contribution in [0.3, 0.4) is 0 Å². The Bertz CT molecular complexity index is 872. The largest absolute Gasteiger partial charge is 0.497 e. The van der Waals surface area contributed by atoms with Gasteiger partial charge in [0.25, 0.3) is 5.91 Å². The first-order valence-corrected chi connectivity index (χ1v) is 9.99. The Kier molecular flexibility index (Phi) is 7.41. The van der Waals surface area contributed by atoms with Crippen molar-refractivity contribution in [2.75, 3.05) is 40.5 Å². The van der Waals surface area contributed by atoms with Crippen molar-refractivity contribution < 1.29 is 23.5 Å². The van der Waals surface area contributed by atoms with Crippen LogP contribution in [0.2, 0.25) is 0 Å². The van der Waals surface area contributed by atoms with E-state index in [9.17, 15) is 14.0 Å². The molecule has 3 rings (SSSR count). The summed E-state index contributed by atoms with van der Waals surface area (Å²) in [7, 11) is 3.21. The average molecular weight is 414 g/mol. The van der Waals surface area contributed by atoms with Crippen LogP contribution in [0.25, 0.3) is 0 Å². The van der Waals surface area contributed by atoms with Gasteiger partial charge in [0, 0.05) is 39.3 Å². The fraction of sp³-hybridized carbons (Fsp3) is 0.391. The summed E-state index contributed by atoms with van der Waals surface area (Å²) in [5, 5.41) is 2.94. The summed E-state index contributed by atoms with van der Waals surface area (Å²) in [6, 6.07) is 13.4. The number of ether oxygens (including phenoxy) is 2. The number of hydrogen-bond acceptors (Lipinski definition) is 4. The molecule has 2 aromatic carbocycles. The van der Waals surface area contributed by atoms with E-state index in [1.807, 2.05) is 24.3 Å². The molecule has 2 atom stereocenters. The highest BCUT2D eigenvalue weighted by Gasteiger charge is 2.40. The number of nitrogens with one attached hydrogen (secondary N) is 1. The van der Waals surface area contributed by atoms with Crippen LogP contribution in [0.15, 0.2) is 48.5 Å². The lowest BCUT2D eigenvalue weighted by Gasteiger charge is -2.18. The fourth-order valence-electron chi connectivity index (χ4n) is 3.79. The Morgan fingerprint density at radius 2 is 1.83 bits per heavy atom. The molecule has 0 saturated carbocycles. The molecule has 0 spiro atoms. The molecular weight excluding hydrogens is 387 g/mol. The maximum atomic E-state index is 14.1. The normalized spacial score (nSPS) is 18.3. The van der Waals surface area contributed by atoms with Gasteiger partial charge in [0.15, 0.2) is 0 Å². The van der Waals surface area contributed by atoms with Crippen LogP contribution in [0.4, 0.5) is 4.39 Å². The highest BCUT2D eigenvalue weighted by molar-refractivity contribution is 5.95. The van der Waals surface area contributed by atoms with Crippen LogP contribution in [0, 0.1) is 11.7 Å². The smallest absolute Gasteiger partial charge is 0.256 e. The predicted molar refractivity (Wildman–Crippen MR) is 111 cm³/mol. The Morgan fingerprint density at radius 1 is 1.10 bits per heavy atom. The van der Waals surface area contributed by atoms with Gasteiger partial charge in [-0.1, -0.05) is 24.3 Å². The Labute approximate surface area is 176 Å². The third-order valence-corrected chi connectivity index (χ3v) is 5.42. The molecule has 0 aromatic heterocycles. The number of likely N-dealkylation sites (tertiary alicyclic amines) is 1. The van der Waals surface area contributed by atoms with Gasteiger partial charge in [0.2, 0.25) is 5.91 Å². The number of rotatable bonds is 8. The van der Waals surface area contributed by atoms with Crippen molar-refractivity contribution >= 4 is 11.8 Å². The first kappa shape index (κ1) is 21.8. The van der Waals surface area contributed by atoms with Crippen molar-refractivity contribution in [1.29, 1.82) is 0 Å². The summed E-state index contributed by atoms with van der Waals surface area (Å²) >= 11 is 0. The van der Waals surface area contributed by atoms with E-state index >= 15 is 0 Å². The van der Waals surface area contributed by atoms with Gasteiger partial charge in [-0.3, -0.25) is 9.59 Å². The van der Waals surface area contributed by atoms with Gasteiger partial charge in [-0.15, -0.1) is 0 Å². The Morgan fingerprint density at radius 3 is 2.50 bits per heavy atom. The monoisotopic (exact) mass is 414 g/mol. The first-order valence-electron chi connectivity index (χ1n) is 9.99. The van der Waals surface area contributed by atoms with Gasteiger partial charge in [0.1, 0.15) is 11.6 Å². The van der Waals surface area contributed by atoms with Gasteiger partial charge in [-0.2, -0.15) is 0 Å². The SMILES string of the molecule is COCCCNC(=O)[C@H]1CN(C(=O)c2ccccc2F)C[C@H]1c1ccc(OC)cc1. The van der Waals surface area contributed by atoms with Crippen LogP contribution >= 0.6 is 0 Å². The fourth-order valence-corrected chi connectivity index (χ4v) is 3.79. The van der Waals surface area contributed by atoms with Crippen molar-refractivity contribution in [3.05, 3.63) is 65.5 Å². The Balaban J connectivity index is 1.80. The van der Waals surface area contributed by atoms with Gasteiger partial charge >= 0.3 is 0 Å². The summed E-state index contributed by atoms with van der Waals surface area (Å²) in [6.07, 6.45) is 0.708. The van der Waals surface area contributed by atoms with Crippen molar-refractivity contribution in [2.24, 2.45) is 5.92 Å². The molecule has 1 aliphatic rings. The minimum absolute atomic E-state index is 0.0205. The molecular formula is C23H27FN2O4. The third kappa shape index (κ3) is 4.97. The summed E-state index contributed by atoms with van der Waals surface area (Å²) in [5.74, 6) is -0.963. The molecule has 0 radical (unpaired) electrons. The number of carbonyl (C=O) groups excluding carboxylic acids is 2. The molecule has 1 heterocycles.